The molecule has 1 aliphatic rings. The molecule has 0 saturated heterocycles. The van der Waals surface area contributed by atoms with Crippen molar-refractivity contribution in [3.63, 3.8) is 0 Å². The van der Waals surface area contributed by atoms with Crippen molar-refractivity contribution in [2.75, 3.05) is 18.1 Å². The molecule has 1 amide bonds. The third kappa shape index (κ3) is 6.52. The molecule has 3 N–H and O–H groups in total. The summed E-state index contributed by atoms with van der Waals surface area (Å²) in [5.41, 5.74) is 2.72. The van der Waals surface area contributed by atoms with Crippen LogP contribution in [-0.4, -0.2) is 33.1 Å². The van der Waals surface area contributed by atoms with Gasteiger partial charge in [0.2, 0.25) is 11.1 Å². The molecule has 0 saturated carbocycles. The Morgan fingerprint density at radius 1 is 1.27 bits per heavy atom. The van der Waals surface area contributed by atoms with Crippen LogP contribution in [0.5, 0.6) is 5.75 Å². The predicted molar refractivity (Wildman–Crippen MR) is 120 cm³/mol. The number of nitrogens with one attached hydrogen (secondary N) is 1. The third-order valence-electron chi connectivity index (χ3n) is 5.14. The first-order chi connectivity index (χ1) is 14.5. The molecule has 0 bridgehead atoms. The lowest BCUT2D eigenvalue weighted by atomic mass is 9.97. The van der Waals surface area contributed by atoms with E-state index in [1.165, 1.54) is 46.8 Å². The van der Waals surface area contributed by atoms with Gasteiger partial charge in [-0.05, 0) is 55.7 Å². The van der Waals surface area contributed by atoms with Gasteiger partial charge in [-0.2, -0.15) is 0 Å². The number of amides is 1. The molecule has 0 fully saturated rings. The fourth-order valence-corrected chi connectivity index (χ4v) is 3.98. The van der Waals surface area contributed by atoms with Crippen molar-refractivity contribution in [2.24, 2.45) is 0 Å². The van der Waals surface area contributed by atoms with Gasteiger partial charge in [-0.3, -0.25) is 4.79 Å². The molecule has 1 aromatic carbocycles. The SMILES string of the molecule is CC(C)c1ccc(OCc2nnc(SCC(=O)NCCC3=CCCCC3)n2N)cc1. The molecule has 0 radical (unpaired) electrons. The number of nitrogen functional groups attached to an aromatic ring is 1. The van der Waals surface area contributed by atoms with E-state index in [1.807, 2.05) is 12.1 Å². The first-order valence-electron chi connectivity index (χ1n) is 10.5. The monoisotopic (exact) mass is 429 g/mol. The highest BCUT2D eigenvalue weighted by molar-refractivity contribution is 7.99. The lowest BCUT2D eigenvalue weighted by Gasteiger charge is -2.12. The van der Waals surface area contributed by atoms with Crippen molar-refractivity contribution in [3.05, 3.63) is 47.3 Å². The zero-order valence-corrected chi connectivity index (χ0v) is 18.6. The second-order valence-electron chi connectivity index (χ2n) is 7.78. The maximum absolute atomic E-state index is 12.1. The second-order valence-corrected chi connectivity index (χ2v) is 8.72. The van der Waals surface area contributed by atoms with Gasteiger partial charge in [0.05, 0.1) is 5.75 Å². The van der Waals surface area contributed by atoms with Gasteiger partial charge < -0.3 is 15.9 Å². The molecular weight excluding hydrogens is 398 g/mol. The number of hydrogen-bond donors (Lipinski definition) is 2. The summed E-state index contributed by atoms with van der Waals surface area (Å²) in [6.07, 6.45) is 8.11. The van der Waals surface area contributed by atoms with E-state index in [4.69, 9.17) is 10.6 Å². The molecular formula is C22H31N5O2S. The minimum atomic E-state index is -0.0255. The van der Waals surface area contributed by atoms with Gasteiger partial charge in [0.25, 0.3) is 0 Å². The van der Waals surface area contributed by atoms with E-state index in [-0.39, 0.29) is 18.3 Å². The van der Waals surface area contributed by atoms with Gasteiger partial charge in [-0.1, -0.05) is 49.4 Å². The lowest BCUT2D eigenvalue weighted by molar-refractivity contribution is -0.118. The summed E-state index contributed by atoms with van der Waals surface area (Å²) in [4.78, 5) is 12.1. The maximum atomic E-state index is 12.1. The molecule has 162 valence electrons. The molecule has 0 atom stereocenters. The summed E-state index contributed by atoms with van der Waals surface area (Å²) in [6, 6.07) is 7.99. The molecule has 8 heteroatoms. The summed E-state index contributed by atoms with van der Waals surface area (Å²) < 4.78 is 7.14. The Morgan fingerprint density at radius 2 is 2.07 bits per heavy atom. The van der Waals surface area contributed by atoms with Crippen molar-refractivity contribution < 1.29 is 9.53 Å². The summed E-state index contributed by atoms with van der Waals surface area (Å²) in [5.74, 6) is 8.04. The van der Waals surface area contributed by atoms with Crippen LogP contribution in [0.25, 0.3) is 0 Å². The number of allylic oxidation sites excluding steroid dienone is 1. The highest BCUT2D eigenvalue weighted by atomic mass is 32.2. The van der Waals surface area contributed by atoms with Crippen LogP contribution >= 0.6 is 11.8 Å². The average molecular weight is 430 g/mol. The van der Waals surface area contributed by atoms with E-state index in [9.17, 15) is 4.79 Å². The normalized spacial score (nSPS) is 13.9. The summed E-state index contributed by atoms with van der Waals surface area (Å²) in [5, 5.41) is 11.6. The van der Waals surface area contributed by atoms with E-state index in [1.54, 1.807) is 0 Å². The van der Waals surface area contributed by atoms with Gasteiger partial charge in [-0.15, -0.1) is 10.2 Å². The molecule has 7 nitrogen and oxygen atoms in total. The zero-order valence-electron chi connectivity index (χ0n) is 17.8. The van der Waals surface area contributed by atoms with Gasteiger partial charge in [0.15, 0.2) is 5.82 Å². The Labute approximate surface area is 182 Å². The fourth-order valence-electron chi connectivity index (χ4n) is 3.28. The van der Waals surface area contributed by atoms with Gasteiger partial charge >= 0.3 is 0 Å². The van der Waals surface area contributed by atoms with E-state index < -0.39 is 0 Å². The topological polar surface area (TPSA) is 95.1 Å². The van der Waals surface area contributed by atoms with Gasteiger partial charge in [0, 0.05) is 6.54 Å². The van der Waals surface area contributed by atoms with Crippen molar-refractivity contribution in [3.8, 4) is 5.75 Å². The number of carbonyl (C=O) groups excluding carboxylic acids is 1. The number of rotatable bonds is 10. The van der Waals surface area contributed by atoms with Crippen LogP contribution in [0.3, 0.4) is 0 Å². The maximum Gasteiger partial charge on any atom is 0.230 e. The van der Waals surface area contributed by atoms with Gasteiger partial charge in [-0.25, -0.2) is 4.68 Å². The molecule has 1 heterocycles. The summed E-state index contributed by atoms with van der Waals surface area (Å²) >= 11 is 1.27. The predicted octanol–water partition coefficient (Wildman–Crippen LogP) is 3.79. The number of benzene rings is 1. The number of nitrogens with two attached hydrogens (primary N) is 1. The molecule has 0 unspecified atom stereocenters. The van der Waals surface area contributed by atoms with Crippen LogP contribution < -0.4 is 15.9 Å². The van der Waals surface area contributed by atoms with Crippen molar-refractivity contribution in [1.82, 2.24) is 20.2 Å². The summed E-state index contributed by atoms with van der Waals surface area (Å²) in [7, 11) is 0. The van der Waals surface area contributed by atoms with Crippen LogP contribution in [-0.2, 0) is 11.4 Å². The smallest absolute Gasteiger partial charge is 0.230 e. The Bertz CT molecular complexity index is 861. The molecule has 1 aromatic heterocycles. The van der Waals surface area contributed by atoms with E-state index in [0.29, 0.717) is 23.4 Å². The molecule has 2 aromatic rings. The van der Waals surface area contributed by atoms with E-state index in [0.717, 1.165) is 18.6 Å². The van der Waals surface area contributed by atoms with Crippen LogP contribution in [0.15, 0.2) is 41.1 Å². The first-order valence-corrected chi connectivity index (χ1v) is 11.5. The highest BCUT2D eigenvalue weighted by Crippen LogP contribution is 2.21. The van der Waals surface area contributed by atoms with Crippen LogP contribution in [0.2, 0.25) is 0 Å². The Morgan fingerprint density at radius 3 is 2.77 bits per heavy atom. The third-order valence-corrected chi connectivity index (χ3v) is 6.08. The number of nitrogens with zero attached hydrogens (tertiary/aromatic N) is 3. The fraction of sp³-hybridized carbons (Fsp3) is 0.500. The molecule has 1 aliphatic carbocycles. The molecule has 0 aliphatic heterocycles. The number of carbonyl (C=O) groups is 1. The van der Waals surface area contributed by atoms with Crippen LogP contribution in [0, 0.1) is 0 Å². The second kappa shape index (κ2) is 11.1. The van der Waals surface area contributed by atoms with Crippen molar-refractivity contribution in [1.29, 1.82) is 0 Å². The Kier molecular flexibility index (Phi) is 8.19. The molecule has 30 heavy (non-hydrogen) atoms. The number of ether oxygens (including phenoxy) is 1. The minimum Gasteiger partial charge on any atom is -0.486 e. The largest absolute Gasteiger partial charge is 0.486 e. The highest BCUT2D eigenvalue weighted by Gasteiger charge is 2.13. The standard InChI is InChI=1S/C22H31N5O2S/c1-16(2)18-8-10-19(11-9-18)29-14-20-25-26-22(27(20)23)30-15-21(28)24-13-12-17-6-4-3-5-7-17/h6,8-11,16H,3-5,7,12-15,23H2,1-2H3,(H,24,28). The van der Waals surface area contributed by atoms with Crippen molar-refractivity contribution >= 4 is 17.7 Å². The minimum absolute atomic E-state index is 0.0255. The average Bonchev–Trinajstić information content (AvgIpc) is 3.11. The number of thioether (sulfide) groups is 1. The van der Waals surface area contributed by atoms with Crippen LogP contribution in [0.1, 0.15) is 63.3 Å². The quantitative estimate of drug-likeness (QED) is 0.339. The first kappa shape index (κ1) is 22.2. The zero-order chi connectivity index (χ0) is 21.3. The summed E-state index contributed by atoms with van der Waals surface area (Å²) in [6.45, 7) is 5.20. The van der Waals surface area contributed by atoms with Crippen molar-refractivity contribution in [2.45, 2.75) is 63.6 Å². The van der Waals surface area contributed by atoms with E-state index in [2.05, 4.69) is 47.6 Å². The van der Waals surface area contributed by atoms with Crippen LogP contribution in [0.4, 0.5) is 0 Å². The lowest BCUT2D eigenvalue weighted by Crippen LogP contribution is -2.27. The number of hydrogen-bond acceptors (Lipinski definition) is 6. The Balaban J connectivity index is 1.41. The number of aromatic nitrogens is 3. The Hall–Kier alpha value is -2.48. The molecule has 0 spiro atoms. The van der Waals surface area contributed by atoms with Gasteiger partial charge in [0.1, 0.15) is 12.4 Å². The molecule has 3 rings (SSSR count). The van der Waals surface area contributed by atoms with E-state index >= 15 is 0 Å².